The Morgan fingerprint density at radius 1 is 1.28 bits per heavy atom. The number of amides is 2. The molecular formula is C13H15ClN2O2. The minimum absolute atomic E-state index is 0.307. The number of nitrogens with one attached hydrogen (secondary N) is 1. The van der Waals surface area contributed by atoms with E-state index in [0.29, 0.717) is 25.5 Å². The Balaban J connectivity index is 2.00. The smallest absolute Gasteiger partial charge is 0.312 e. The number of hydrogen-bond donors (Lipinski definition) is 1. The van der Waals surface area contributed by atoms with Crippen molar-refractivity contribution in [1.82, 2.24) is 10.2 Å². The Labute approximate surface area is 111 Å². The molecule has 0 fully saturated rings. The second kappa shape index (κ2) is 5.87. The third-order valence-electron chi connectivity index (χ3n) is 2.99. The highest BCUT2D eigenvalue weighted by Crippen LogP contribution is 2.18. The number of carbonyl (C=O) groups excluding carboxylic acids is 2. The van der Waals surface area contributed by atoms with Gasteiger partial charge in [0.25, 0.3) is 0 Å². The van der Waals surface area contributed by atoms with Crippen molar-refractivity contribution in [2.24, 2.45) is 0 Å². The second-order valence-electron chi connectivity index (χ2n) is 4.19. The third-order valence-corrected chi connectivity index (χ3v) is 3.18. The summed E-state index contributed by atoms with van der Waals surface area (Å²) in [4.78, 5) is 25.0. The highest BCUT2D eigenvalue weighted by atomic mass is 35.5. The lowest BCUT2D eigenvalue weighted by Gasteiger charge is -2.28. The molecule has 0 aromatic heterocycles. The van der Waals surface area contributed by atoms with Crippen LogP contribution < -0.4 is 5.32 Å². The SMILES string of the molecule is O=C(NCCCl)C(=O)N1CCc2ccccc2C1. The maximum Gasteiger partial charge on any atom is 0.312 e. The van der Waals surface area contributed by atoms with Crippen LogP contribution in [0.2, 0.25) is 0 Å². The molecule has 1 N–H and O–H groups in total. The standard InChI is InChI=1S/C13H15ClN2O2/c14-6-7-15-12(17)13(18)16-8-5-10-3-1-2-4-11(10)9-16/h1-4H,5-9H2,(H,15,17). The monoisotopic (exact) mass is 266 g/mol. The summed E-state index contributed by atoms with van der Waals surface area (Å²) in [5.74, 6) is -0.744. The van der Waals surface area contributed by atoms with Gasteiger partial charge in [-0.3, -0.25) is 9.59 Å². The van der Waals surface area contributed by atoms with Gasteiger partial charge in [0.05, 0.1) is 0 Å². The van der Waals surface area contributed by atoms with Crippen molar-refractivity contribution in [2.75, 3.05) is 19.0 Å². The molecule has 1 aliphatic heterocycles. The average Bonchev–Trinajstić information content (AvgIpc) is 2.43. The number of hydrogen-bond acceptors (Lipinski definition) is 2. The Morgan fingerprint density at radius 2 is 2.00 bits per heavy atom. The van der Waals surface area contributed by atoms with Crippen molar-refractivity contribution >= 4 is 23.4 Å². The van der Waals surface area contributed by atoms with Gasteiger partial charge in [-0.05, 0) is 17.5 Å². The summed E-state index contributed by atoms with van der Waals surface area (Å²) in [6.07, 6.45) is 0.796. The van der Waals surface area contributed by atoms with Crippen LogP contribution in [0.5, 0.6) is 0 Å². The van der Waals surface area contributed by atoms with E-state index in [9.17, 15) is 9.59 Å². The van der Waals surface area contributed by atoms with Gasteiger partial charge in [0.15, 0.2) is 0 Å². The molecule has 0 saturated heterocycles. The van der Waals surface area contributed by atoms with Crippen LogP contribution in [0.1, 0.15) is 11.1 Å². The Bertz CT molecular complexity index is 462. The lowest BCUT2D eigenvalue weighted by atomic mass is 10.00. The summed E-state index contributed by atoms with van der Waals surface area (Å²) in [7, 11) is 0. The maximum atomic E-state index is 11.9. The molecule has 0 spiro atoms. The molecule has 0 atom stereocenters. The van der Waals surface area contributed by atoms with Gasteiger partial charge in [0, 0.05) is 25.5 Å². The number of alkyl halides is 1. The van der Waals surface area contributed by atoms with E-state index in [4.69, 9.17) is 11.6 Å². The van der Waals surface area contributed by atoms with Gasteiger partial charge in [0.2, 0.25) is 0 Å². The molecule has 96 valence electrons. The molecule has 1 aliphatic rings. The Hall–Kier alpha value is -1.55. The number of carbonyl (C=O) groups is 2. The highest BCUT2D eigenvalue weighted by molar-refractivity contribution is 6.35. The van der Waals surface area contributed by atoms with Crippen LogP contribution in [0.15, 0.2) is 24.3 Å². The van der Waals surface area contributed by atoms with Crippen LogP contribution >= 0.6 is 11.6 Å². The molecule has 0 unspecified atom stereocenters. The van der Waals surface area contributed by atoms with Crippen LogP contribution in [0.4, 0.5) is 0 Å². The van der Waals surface area contributed by atoms with E-state index in [2.05, 4.69) is 11.4 Å². The first-order valence-electron chi connectivity index (χ1n) is 5.92. The number of benzene rings is 1. The Kier molecular flexibility index (Phi) is 4.20. The van der Waals surface area contributed by atoms with Crippen LogP contribution in [-0.4, -0.2) is 35.7 Å². The molecule has 18 heavy (non-hydrogen) atoms. The fourth-order valence-electron chi connectivity index (χ4n) is 2.05. The normalized spacial score (nSPS) is 13.9. The minimum Gasteiger partial charge on any atom is -0.347 e. The van der Waals surface area contributed by atoms with Gasteiger partial charge in [-0.2, -0.15) is 0 Å². The summed E-state index contributed by atoms with van der Waals surface area (Å²) in [5, 5.41) is 2.49. The summed E-state index contributed by atoms with van der Waals surface area (Å²) < 4.78 is 0. The van der Waals surface area contributed by atoms with Crippen LogP contribution in [-0.2, 0) is 22.6 Å². The van der Waals surface area contributed by atoms with Crippen molar-refractivity contribution in [1.29, 1.82) is 0 Å². The van der Waals surface area contributed by atoms with E-state index in [1.165, 1.54) is 5.56 Å². The van der Waals surface area contributed by atoms with Crippen LogP contribution in [0, 0.1) is 0 Å². The molecule has 2 amide bonds. The van der Waals surface area contributed by atoms with E-state index < -0.39 is 11.8 Å². The zero-order valence-corrected chi connectivity index (χ0v) is 10.7. The molecule has 0 aliphatic carbocycles. The lowest BCUT2D eigenvalue weighted by molar-refractivity contribution is -0.146. The van der Waals surface area contributed by atoms with Gasteiger partial charge in [0.1, 0.15) is 0 Å². The van der Waals surface area contributed by atoms with Crippen molar-refractivity contribution in [3.8, 4) is 0 Å². The number of rotatable bonds is 2. The third kappa shape index (κ3) is 2.82. The lowest BCUT2D eigenvalue weighted by Crippen LogP contribution is -2.45. The summed E-state index contributed by atoms with van der Waals surface area (Å²) in [6, 6.07) is 7.99. The maximum absolute atomic E-state index is 11.9. The molecule has 1 heterocycles. The first-order chi connectivity index (χ1) is 8.72. The molecule has 4 nitrogen and oxygen atoms in total. The first-order valence-corrected chi connectivity index (χ1v) is 6.45. The van der Waals surface area contributed by atoms with Gasteiger partial charge in [-0.1, -0.05) is 24.3 Å². The van der Waals surface area contributed by atoms with Crippen molar-refractivity contribution < 1.29 is 9.59 Å². The van der Waals surface area contributed by atoms with E-state index in [-0.39, 0.29) is 0 Å². The molecule has 0 radical (unpaired) electrons. The van der Waals surface area contributed by atoms with Crippen molar-refractivity contribution in [3.05, 3.63) is 35.4 Å². The molecule has 0 bridgehead atoms. The largest absolute Gasteiger partial charge is 0.347 e. The van der Waals surface area contributed by atoms with Crippen molar-refractivity contribution in [3.63, 3.8) is 0 Å². The average molecular weight is 267 g/mol. The molecule has 0 saturated carbocycles. The Morgan fingerprint density at radius 3 is 2.72 bits per heavy atom. The van der Waals surface area contributed by atoms with Gasteiger partial charge >= 0.3 is 11.8 Å². The molecule has 1 aromatic carbocycles. The zero-order valence-electron chi connectivity index (χ0n) is 9.99. The molecule has 2 rings (SSSR count). The number of nitrogens with zero attached hydrogens (tertiary/aromatic N) is 1. The van der Waals surface area contributed by atoms with E-state index in [1.54, 1.807) is 4.90 Å². The topological polar surface area (TPSA) is 49.4 Å². The predicted octanol–water partition coefficient (Wildman–Crippen LogP) is 0.926. The van der Waals surface area contributed by atoms with Crippen LogP contribution in [0.25, 0.3) is 0 Å². The molecule has 5 heteroatoms. The second-order valence-corrected chi connectivity index (χ2v) is 4.57. The first kappa shape index (κ1) is 12.9. The van der Waals surface area contributed by atoms with Crippen molar-refractivity contribution in [2.45, 2.75) is 13.0 Å². The molecule has 1 aromatic rings. The molecular weight excluding hydrogens is 252 g/mol. The zero-order chi connectivity index (χ0) is 13.0. The van der Waals surface area contributed by atoms with E-state index in [1.807, 2.05) is 18.2 Å². The summed E-state index contributed by atoms with van der Waals surface area (Å²) >= 11 is 5.46. The highest BCUT2D eigenvalue weighted by Gasteiger charge is 2.25. The van der Waals surface area contributed by atoms with E-state index in [0.717, 1.165) is 12.0 Å². The predicted molar refractivity (Wildman–Crippen MR) is 69.3 cm³/mol. The van der Waals surface area contributed by atoms with Gasteiger partial charge < -0.3 is 10.2 Å². The van der Waals surface area contributed by atoms with Gasteiger partial charge in [-0.25, -0.2) is 0 Å². The van der Waals surface area contributed by atoms with Crippen LogP contribution in [0.3, 0.4) is 0 Å². The summed E-state index contributed by atoms with van der Waals surface area (Å²) in [6.45, 7) is 1.41. The fourth-order valence-corrected chi connectivity index (χ4v) is 2.14. The number of halogens is 1. The van der Waals surface area contributed by atoms with Gasteiger partial charge in [-0.15, -0.1) is 11.6 Å². The quantitative estimate of drug-likeness (QED) is 0.639. The fraction of sp³-hybridized carbons (Fsp3) is 0.385. The summed E-state index contributed by atoms with van der Waals surface area (Å²) in [5.41, 5.74) is 2.37. The van der Waals surface area contributed by atoms with E-state index >= 15 is 0 Å². The number of fused-ring (bicyclic) bond motifs is 1. The minimum atomic E-state index is -0.574.